The molecule has 3 aromatic rings. The van der Waals surface area contributed by atoms with Crippen LogP contribution < -0.4 is 19.5 Å². The third-order valence-electron chi connectivity index (χ3n) is 5.47. The Bertz CT molecular complexity index is 1410. The van der Waals surface area contributed by atoms with Gasteiger partial charge in [0.1, 0.15) is 10.6 Å². The number of anilines is 1. The maximum atomic E-state index is 13.8. The number of methoxy groups -OCH3 is 4. The van der Waals surface area contributed by atoms with E-state index in [4.69, 9.17) is 30.5 Å². The second-order valence-electron chi connectivity index (χ2n) is 7.85. The monoisotopic (exact) mass is 562 g/mol. The lowest BCUT2D eigenvalue weighted by Gasteiger charge is -2.23. The number of benzene rings is 3. The molecule has 0 bridgehead atoms. The van der Waals surface area contributed by atoms with Crippen LogP contribution in [0.1, 0.15) is 15.9 Å². The van der Waals surface area contributed by atoms with Crippen LogP contribution in [0.2, 0.25) is 5.02 Å². The first-order valence-corrected chi connectivity index (χ1v) is 13.0. The van der Waals surface area contributed by atoms with Crippen molar-refractivity contribution >= 4 is 39.2 Å². The average Bonchev–Trinajstić information content (AvgIpc) is 2.92. The molecule has 12 heteroatoms. The second-order valence-corrected chi connectivity index (χ2v) is 10.2. The van der Waals surface area contributed by atoms with E-state index in [9.17, 15) is 18.0 Å². The van der Waals surface area contributed by atoms with Crippen molar-refractivity contribution in [1.29, 1.82) is 0 Å². The Morgan fingerprint density at radius 1 is 0.868 bits per heavy atom. The maximum absolute atomic E-state index is 13.8. The molecule has 0 unspecified atom stereocenters. The number of carbonyl (C=O) groups excluding carboxylic acids is 2. The third-order valence-corrected chi connectivity index (χ3v) is 7.52. The van der Waals surface area contributed by atoms with Gasteiger partial charge in [-0.05, 0) is 23.8 Å². The molecule has 202 valence electrons. The van der Waals surface area contributed by atoms with Crippen LogP contribution >= 0.6 is 11.6 Å². The summed E-state index contributed by atoms with van der Waals surface area (Å²) in [6.07, 6.45) is 0. The topological polar surface area (TPSA) is 120 Å². The molecular weight excluding hydrogens is 536 g/mol. The van der Waals surface area contributed by atoms with Crippen molar-refractivity contribution in [2.45, 2.75) is 11.4 Å². The van der Waals surface area contributed by atoms with Crippen LogP contribution in [0, 0.1) is 0 Å². The number of hydrogen-bond donors (Lipinski definition) is 1. The summed E-state index contributed by atoms with van der Waals surface area (Å²) in [5.74, 6) is -0.901. The van der Waals surface area contributed by atoms with Crippen molar-refractivity contribution in [3.8, 4) is 17.2 Å². The molecule has 0 aliphatic carbocycles. The maximum Gasteiger partial charge on any atom is 0.340 e. The number of rotatable bonds is 11. The predicted molar refractivity (Wildman–Crippen MR) is 142 cm³/mol. The van der Waals surface area contributed by atoms with Crippen LogP contribution in [0.3, 0.4) is 0 Å². The van der Waals surface area contributed by atoms with E-state index >= 15 is 0 Å². The fraction of sp³-hybridized carbons (Fsp3) is 0.231. The van der Waals surface area contributed by atoms with E-state index in [0.29, 0.717) is 5.56 Å². The molecule has 3 aromatic carbocycles. The minimum Gasteiger partial charge on any atom is -0.495 e. The van der Waals surface area contributed by atoms with Crippen molar-refractivity contribution in [3.63, 3.8) is 0 Å². The molecule has 1 N–H and O–H groups in total. The first-order valence-electron chi connectivity index (χ1n) is 11.2. The zero-order valence-corrected chi connectivity index (χ0v) is 22.8. The van der Waals surface area contributed by atoms with Crippen molar-refractivity contribution in [3.05, 3.63) is 76.8 Å². The Hall–Kier alpha value is -3.80. The van der Waals surface area contributed by atoms with E-state index in [1.165, 1.54) is 58.8 Å². The first-order chi connectivity index (χ1) is 18.1. The van der Waals surface area contributed by atoms with Gasteiger partial charge in [0, 0.05) is 23.7 Å². The predicted octanol–water partition coefficient (Wildman–Crippen LogP) is 3.98. The molecule has 10 nitrogen and oxygen atoms in total. The van der Waals surface area contributed by atoms with Gasteiger partial charge in [0.05, 0.1) is 46.2 Å². The number of ether oxygens (including phenoxy) is 4. The highest BCUT2D eigenvalue weighted by Gasteiger charge is 2.31. The number of halogens is 1. The van der Waals surface area contributed by atoms with Gasteiger partial charge in [-0.25, -0.2) is 13.2 Å². The summed E-state index contributed by atoms with van der Waals surface area (Å²) in [6.45, 7) is -0.718. The number of hydrogen-bond acceptors (Lipinski definition) is 8. The Balaban J connectivity index is 2.01. The van der Waals surface area contributed by atoms with Crippen LogP contribution in [0.15, 0.2) is 65.6 Å². The van der Waals surface area contributed by atoms with E-state index < -0.39 is 28.4 Å². The largest absolute Gasteiger partial charge is 0.495 e. The summed E-state index contributed by atoms with van der Waals surface area (Å²) < 4.78 is 49.1. The van der Waals surface area contributed by atoms with Gasteiger partial charge in [0.15, 0.2) is 11.5 Å². The van der Waals surface area contributed by atoms with Crippen LogP contribution in [0.5, 0.6) is 17.2 Å². The highest BCUT2D eigenvalue weighted by atomic mass is 35.5. The molecular formula is C26H27ClN2O8S. The van der Waals surface area contributed by atoms with Gasteiger partial charge in [-0.15, -0.1) is 0 Å². The van der Waals surface area contributed by atoms with Crippen LogP contribution in [-0.4, -0.2) is 59.6 Å². The molecule has 0 fully saturated rings. The molecule has 0 saturated carbocycles. The van der Waals surface area contributed by atoms with Gasteiger partial charge in [-0.2, -0.15) is 4.31 Å². The number of carbonyl (C=O) groups is 2. The Morgan fingerprint density at radius 3 is 2.11 bits per heavy atom. The van der Waals surface area contributed by atoms with E-state index in [2.05, 4.69) is 5.32 Å². The zero-order chi connectivity index (χ0) is 27.9. The van der Waals surface area contributed by atoms with E-state index in [1.807, 2.05) is 0 Å². The highest BCUT2D eigenvalue weighted by molar-refractivity contribution is 7.89. The van der Waals surface area contributed by atoms with Crippen molar-refractivity contribution in [2.75, 3.05) is 40.3 Å². The highest BCUT2D eigenvalue weighted by Crippen LogP contribution is 2.34. The lowest BCUT2D eigenvalue weighted by molar-refractivity contribution is -0.116. The van der Waals surface area contributed by atoms with Crippen LogP contribution in [-0.2, 0) is 26.1 Å². The average molecular weight is 563 g/mol. The smallest absolute Gasteiger partial charge is 0.340 e. The normalized spacial score (nSPS) is 11.1. The molecule has 0 radical (unpaired) electrons. The molecule has 3 rings (SSSR count). The van der Waals surface area contributed by atoms with Gasteiger partial charge in [-0.3, -0.25) is 4.79 Å². The Morgan fingerprint density at radius 2 is 1.50 bits per heavy atom. The zero-order valence-electron chi connectivity index (χ0n) is 21.2. The van der Waals surface area contributed by atoms with Gasteiger partial charge in [0.25, 0.3) is 0 Å². The summed E-state index contributed by atoms with van der Waals surface area (Å²) in [7, 11) is 1.04. The van der Waals surface area contributed by atoms with E-state index in [0.717, 1.165) is 4.31 Å². The summed E-state index contributed by atoms with van der Waals surface area (Å²) >= 11 is 6.09. The molecule has 0 spiro atoms. The molecule has 0 atom stereocenters. The van der Waals surface area contributed by atoms with Crippen molar-refractivity contribution < 1.29 is 37.0 Å². The minimum absolute atomic E-state index is 0.00697. The molecule has 0 saturated heterocycles. The van der Waals surface area contributed by atoms with Gasteiger partial charge < -0.3 is 24.3 Å². The lowest BCUT2D eigenvalue weighted by atomic mass is 10.1. The first kappa shape index (κ1) is 28.8. The van der Waals surface area contributed by atoms with E-state index in [-0.39, 0.29) is 45.0 Å². The van der Waals surface area contributed by atoms with Crippen molar-refractivity contribution in [2.24, 2.45) is 0 Å². The Labute approximate surface area is 226 Å². The fourth-order valence-corrected chi connectivity index (χ4v) is 5.42. The van der Waals surface area contributed by atoms with Crippen molar-refractivity contribution in [1.82, 2.24) is 4.31 Å². The molecule has 0 heterocycles. The van der Waals surface area contributed by atoms with Crippen LogP contribution in [0.25, 0.3) is 0 Å². The number of esters is 1. The summed E-state index contributed by atoms with van der Waals surface area (Å²) in [5, 5.41) is 2.77. The fourth-order valence-electron chi connectivity index (χ4n) is 3.62. The Kier molecular flexibility index (Phi) is 9.56. The third kappa shape index (κ3) is 6.55. The SMILES string of the molecule is COC(=O)c1cc(OC)c(OC)cc1NC(=O)CN(Cc1ccccc1)S(=O)(=O)c1cc(Cl)ccc1OC. The summed E-state index contributed by atoms with van der Waals surface area (Å²) in [4.78, 5) is 25.4. The molecule has 1 amide bonds. The minimum atomic E-state index is -4.28. The number of sulfonamides is 1. The number of nitrogens with zero attached hydrogens (tertiary/aromatic N) is 1. The van der Waals surface area contributed by atoms with E-state index in [1.54, 1.807) is 30.3 Å². The van der Waals surface area contributed by atoms with Gasteiger partial charge in [-0.1, -0.05) is 41.9 Å². The lowest BCUT2D eigenvalue weighted by Crippen LogP contribution is -2.38. The second kappa shape index (κ2) is 12.6. The van der Waals surface area contributed by atoms with Gasteiger partial charge >= 0.3 is 5.97 Å². The number of nitrogens with one attached hydrogen (secondary N) is 1. The molecule has 0 aromatic heterocycles. The molecule has 38 heavy (non-hydrogen) atoms. The molecule has 0 aliphatic rings. The number of amides is 1. The van der Waals surface area contributed by atoms with Gasteiger partial charge in [0.2, 0.25) is 15.9 Å². The standard InChI is InChI=1S/C26H27ClN2O8S/c1-34-21-11-10-18(27)12-24(21)38(32,33)29(15-17-8-6-5-7-9-17)16-25(30)28-20-14-23(36-3)22(35-2)13-19(20)26(31)37-4/h5-14H,15-16H2,1-4H3,(H,28,30). The quantitative estimate of drug-likeness (QED) is 0.348. The van der Waals surface area contributed by atoms with Crippen LogP contribution in [0.4, 0.5) is 5.69 Å². The molecule has 0 aliphatic heterocycles. The summed E-state index contributed by atoms with van der Waals surface area (Å²) in [5.41, 5.74) is 0.690. The summed E-state index contributed by atoms with van der Waals surface area (Å²) in [6, 6.07) is 15.7.